The quantitative estimate of drug-likeness (QED) is 0.640. The Kier molecular flexibility index (Phi) is 6.96. The molecule has 7 heteroatoms. The molecule has 1 aliphatic heterocycles. The molecule has 2 aromatic rings. The number of hydrogen-bond acceptors (Lipinski definition) is 5. The normalized spacial score (nSPS) is 18.2. The maximum absolute atomic E-state index is 13.4. The van der Waals surface area contributed by atoms with Crippen LogP contribution in [0.25, 0.3) is 0 Å². The van der Waals surface area contributed by atoms with Crippen LogP contribution in [0.4, 0.5) is 0 Å². The summed E-state index contributed by atoms with van der Waals surface area (Å²) in [4.78, 5) is 27.7. The van der Waals surface area contributed by atoms with Gasteiger partial charge in [-0.25, -0.2) is 5.01 Å². The van der Waals surface area contributed by atoms with Crippen molar-refractivity contribution in [3.63, 3.8) is 0 Å². The highest BCUT2D eigenvalue weighted by atomic mass is 16.5. The van der Waals surface area contributed by atoms with E-state index in [1.807, 2.05) is 48.5 Å². The van der Waals surface area contributed by atoms with E-state index in [2.05, 4.69) is 0 Å². The molecule has 2 amide bonds. The van der Waals surface area contributed by atoms with E-state index < -0.39 is 0 Å². The maximum Gasteiger partial charge on any atom is 0.262 e. The van der Waals surface area contributed by atoms with Gasteiger partial charge in [-0.05, 0) is 30.5 Å². The van der Waals surface area contributed by atoms with Gasteiger partial charge in [0.15, 0.2) is 0 Å². The van der Waals surface area contributed by atoms with E-state index in [1.54, 1.807) is 26.2 Å². The standard InChI is InChI=1S/C26H31N3O4/c1-28(26(31)19-11-7-8-12-19)17-25(30)29-23(18-9-5-4-6-10-18)16-22(27-29)21-14-13-20(32-2)15-24(21)33-3/h4-6,9-10,13-15,19,23H,7-8,11-12,16-17H2,1-3H3. The molecule has 1 heterocycles. The number of benzene rings is 2. The van der Waals surface area contributed by atoms with Gasteiger partial charge in [0.2, 0.25) is 5.91 Å². The highest BCUT2D eigenvalue weighted by molar-refractivity contribution is 6.05. The molecule has 1 saturated carbocycles. The number of rotatable bonds is 7. The third-order valence-electron chi connectivity index (χ3n) is 6.52. The summed E-state index contributed by atoms with van der Waals surface area (Å²) in [6, 6.07) is 15.2. The van der Waals surface area contributed by atoms with Gasteiger partial charge in [-0.15, -0.1) is 0 Å². The number of ether oxygens (including phenoxy) is 2. The molecule has 0 bridgehead atoms. The van der Waals surface area contributed by atoms with Gasteiger partial charge in [-0.3, -0.25) is 9.59 Å². The fourth-order valence-electron chi connectivity index (χ4n) is 4.71. The number of methoxy groups -OCH3 is 2. The van der Waals surface area contributed by atoms with Crippen molar-refractivity contribution in [1.29, 1.82) is 0 Å². The fourth-order valence-corrected chi connectivity index (χ4v) is 4.71. The maximum atomic E-state index is 13.4. The second-order valence-electron chi connectivity index (χ2n) is 8.66. The van der Waals surface area contributed by atoms with Crippen molar-refractivity contribution in [3.05, 3.63) is 59.7 Å². The lowest BCUT2D eigenvalue weighted by Gasteiger charge is -2.26. The topological polar surface area (TPSA) is 71.4 Å². The van der Waals surface area contributed by atoms with Crippen LogP contribution in [0.15, 0.2) is 53.6 Å². The number of amides is 2. The minimum absolute atomic E-state index is 0.00912. The van der Waals surface area contributed by atoms with E-state index in [-0.39, 0.29) is 30.3 Å². The zero-order valence-corrected chi connectivity index (χ0v) is 19.5. The minimum Gasteiger partial charge on any atom is -0.497 e. The molecule has 1 aliphatic carbocycles. The van der Waals surface area contributed by atoms with Crippen LogP contribution in [-0.2, 0) is 9.59 Å². The number of hydrogen-bond donors (Lipinski definition) is 0. The van der Waals surface area contributed by atoms with E-state index in [9.17, 15) is 9.59 Å². The molecule has 7 nitrogen and oxygen atoms in total. The number of hydrazone groups is 1. The summed E-state index contributed by atoms with van der Waals surface area (Å²) in [5, 5.41) is 6.27. The molecule has 4 rings (SSSR count). The first kappa shape index (κ1) is 22.8. The molecule has 1 unspecified atom stereocenters. The first-order valence-electron chi connectivity index (χ1n) is 11.4. The van der Waals surface area contributed by atoms with E-state index >= 15 is 0 Å². The van der Waals surface area contributed by atoms with Crippen LogP contribution in [0.3, 0.4) is 0 Å². The Hall–Kier alpha value is -3.35. The predicted octanol–water partition coefficient (Wildman–Crippen LogP) is 4.03. The number of carbonyl (C=O) groups excluding carboxylic acids is 2. The van der Waals surface area contributed by atoms with Gasteiger partial charge in [-0.2, -0.15) is 5.10 Å². The third kappa shape index (κ3) is 4.87. The lowest BCUT2D eigenvalue weighted by Crippen LogP contribution is -2.41. The summed E-state index contributed by atoms with van der Waals surface area (Å²) in [6.45, 7) is 0.00912. The Morgan fingerprint density at radius 3 is 2.45 bits per heavy atom. The van der Waals surface area contributed by atoms with Crippen molar-refractivity contribution in [2.75, 3.05) is 27.8 Å². The average molecular weight is 450 g/mol. The Labute approximate surface area is 195 Å². The molecule has 174 valence electrons. The van der Waals surface area contributed by atoms with Crippen LogP contribution in [0.2, 0.25) is 0 Å². The summed E-state index contributed by atoms with van der Waals surface area (Å²) >= 11 is 0. The summed E-state index contributed by atoms with van der Waals surface area (Å²) in [5.41, 5.74) is 2.59. The van der Waals surface area contributed by atoms with Crippen molar-refractivity contribution >= 4 is 17.5 Å². The van der Waals surface area contributed by atoms with E-state index in [0.717, 1.165) is 42.5 Å². The van der Waals surface area contributed by atoms with Crippen molar-refractivity contribution in [2.24, 2.45) is 11.0 Å². The zero-order chi connectivity index (χ0) is 23.4. The summed E-state index contributed by atoms with van der Waals surface area (Å²) in [5.74, 6) is 1.22. The minimum atomic E-state index is -0.240. The predicted molar refractivity (Wildman–Crippen MR) is 126 cm³/mol. The van der Waals surface area contributed by atoms with Crippen molar-refractivity contribution in [2.45, 2.75) is 38.1 Å². The van der Waals surface area contributed by atoms with Gasteiger partial charge < -0.3 is 14.4 Å². The van der Waals surface area contributed by atoms with Gasteiger partial charge in [0.1, 0.15) is 18.0 Å². The van der Waals surface area contributed by atoms with Crippen LogP contribution < -0.4 is 9.47 Å². The molecular formula is C26H31N3O4. The molecule has 0 aromatic heterocycles. The van der Waals surface area contributed by atoms with Crippen molar-refractivity contribution < 1.29 is 19.1 Å². The van der Waals surface area contributed by atoms with E-state index in [4.69, 9.17) is 14.6 Å². The summed E-state index contributed by atoms with van der Waals surface area (Å²) in [6.07, 6.45) is 4.54. The third-order valence-corrected chi connectivity index (χ3v) is 6.52. The van der Waals surface area contributed by atoms with Crippen LogP contribution in [-0.4, -0.2) is 55.2 Å². The Morgan fingerprint density at radius 1 is 1.06 bits per heavy atom. The van der Waals surface area contributed by atoms with Crippen LogP contribution in [0.5, 0.6) is 11.5 Å². The van der Waals surface area contributed by atoms with Crippen LogP contribution >= 0.6 is 0 Å². The van der Waals surface area contributed by atoms with Crippen LogP contribution in [0, 0.1) is 5.92 Å². The smallest absolute Gasteiger partial charge is 0.262 e. The summed E-state index contributed by atoms with van der Waals surface area (Å²) < 4.78 is 10.9. The average Bonchev–Trinajstić information content (AvgIpc) is 3.54. The molecule has 0 radical (unpaired) electrons. The first-order chi connectivity index (χ1) is 16.0. The van der Waals surface area contributed by atoms with Crippen LogP contribution in [0.1, 0.15) is 49.3 Å². The molecule has 0 N–H and O–H groups in total. The molecule has 2 aromatic carbocycles. The number of nitrogens with zero attached hydrogens (tertiary/aromatic N) is 3. The highest BCUT2D eigenvalue weighted by Crippen LogP contribution is 2.36. The molecule has 2 aliphatic rings. The monoisotopic (exact) mass is 449 g/mol. The van der Waals surface area contributed by atoms with Gasteiger partial charge >= 0.3 is 0 Å². The SMILES string of the molecule is COc1ccc(C2=NN(C(=O)CN(C)C(=O)C3CCCC3)C(c3ccccc3)C2)c(OC)c1. The van der Waals surface area contributed by atoms with E-state index in [0.29, 0.717) is 17.9 Å². The molecule has 0 spiro atoms. The first-order valence-corrected chi connectivity index (χ1v) is 11.4. The van der Waals surface area contributed by atoms with Gasteiger partial charge in [-0.1, -0.05) is 43.2 Å². The lowest BCUT2D eigenvalue weighted by atomic mass is 9.98. The molecule has 0 saturated heterocycles. The Bertz CT molecular complexity index is 1030. The Balaban J connectivity index is 1.60. The lowest BCUT2D eigenvalue weighted by molar-refractivity contribution is -0.142. The number of likely N-dealkylation sites (N-methyl/N-ethyl adjacent to an activating group) is 1. The van der Waals surface area contributed by atoms with Gasteiger partial charge in [0.25, 0.3) is 5.91 Å². The molecule has 33 heavy (non-hydrogen) atoms. The van der Waals surface area contributed by atoms with E-state index in [1.165, 1.54) is 5.01 Å². The Morgan fingerprint density at radius 2 is 1.79 bits per heavy atom. The zero-order valence-electron chi connectivity index (χ0n) is 19.5. The number of carbonyl (C=O) groups is 2. The fraction of sp³-hybridized carbons (Fsp3) is 0.423. The van der Waals surface area contributed by atoms with Crippen molar-refractivity contribution in [3.8, 4) is 11.5 Å². The van der Waals surface area contributed by atoms with Crippen molar-refractivity contribution in [1.82, 2.24) is 9.91 Å². The van der Waals surface area contributed by atoms with Gasteiger partial charge in [0.05, 0.1) is 26.0 Å². The molecular weight excluding hydrogens is 418 g/mol. The van der Waals surface area contributed by atoms with Gasteiger partial charge in [0, 0.05) is 31.0 Å². The molecule has 1 fully saturated rings. The second kappa shape index (κ2) is 10.1. The summed E-state index contributed by atoms with van der Waals surface area (Å²) in [7, 11) is 4.93. The largest absolute Gasteiger partial charge is 0.497 e. The highest BCUT2D eigenvalue weighted by Gasteiger charge is 2.35. The second-order valence-corrected chi connectivity index (χ2v) is 8.66. The molecule has 1 atom stereocenters.